The van der Waals surface area contributed by atoms with E-state index in [0.717, 1.165) is 0 Å². The molecule has 0 aromatic heterocycles. The lowest BCUT2D eigenvalue weighted by atomic mass is 9.82. The minimum Gasteiger partial charge on any atom is -0.459 e. The van der Waals surface area contributed by atoms with Crippen LogP contribution in [0.5, 0.6) is 0 Å². The van der Waals surface area contributed by atoms with Gasteiger partial charge in [-0.3, -0.25) is 4.79 Å². The van der Waals surface area contributed by atoms with E-state index in [9.17, 15) is 19.5 Å². The zero-order valence-corrected chi connectivity index (χ0v) is 16.2. The van der Waals surface area contributed by atoms with Crippen molar-refractivity contribution >= 4 is 17.7 Å². The van der Waals surface area contributed by atoms with E-state index in [1.54, 1.807) is 19.9 Å². The fourth-order valence-electron chi connectivity index (χ4n) is 3.54. The molecule has 0 saturated carbocycles. The summed E-state index contributed by atoms with van der Waals surface area (Å²) in [6.07, 6.45) is 0.756. The molecule has 0 aromatic rings. The molecule has 0 unspecified atom stereocenters. The highest BCUT2D eigenvalue weighted by atomic mass is 16.7. The molecule has 0 aliphatic carbocycles. The van der Waals surface area contributed by atoms with Crippen LogP contribution in [-0.2, 0) is 28.6 Å². The third-order valence-electron chi connectivity index (χ3n) is 5.95. The first-order valence-electron chi connectivity index (χ1n) is 9.28. The van der Waals surface area contributed by atoms with Crippen molar-refractivity contribution in [2.75, 3.05) is 26.7 Å². The normalized spacial score (nSPS) is 43.4. The molecule has 3 heterocycles. The van der Waals surface area contributed by atoms with Crippen LogP contribution in [0.4, 0.5) is 0 Å². The minimum absolute atomic E-state index is 0.0958. The molecule has 1 spiro atoms. The van der Waals surface area contributed by atoms with Crippen LogP contribution in [0.2, 0.25) is 0 Å². The summed E-state index contributed by atoms with van der Waals surface area (Å²) in [7, 11) is 1.89. The summed E-state index contributed by atoms with van der Waals surface area (Å²) in [5.41, 5.74) is -2.81. The molecule has 8 nitrogen and oxygen atoms in total. The first-order chi connectivity index (χ1) is 12.6. The van der Waals surface area contributed by atoms with Gasteiger partial charge in [-0.25, -0.2) is 9.59 Å². The summed E-state index contributed by atoms with van der Waals surface area (Å²) in [6.45, 7) is 5.57. The summed E-state index contributed by atoms with van der Waals surface area (Å²) in [5, 5.41) is 10.7. The van der Waals surface area contributed by atoms with Gasteiger partial charge >= 0.3 is 11.9 Å². The van der Waals surface area contributed by atoms with Crippen molar-refractivity contribution in [3.8, 4) is 0 Å². The van der Waals surface area contributed by atoms with Gasteiger partial charge in [0.1, 0.15) is 6.61 Å². The Kier molecular flexibility index (Phi) is 5.18. The third kappa shape index (κ3) is 3.66. The second kappa shape index (κ2) is 7.00. The second-order valence-electron chi connectivity index (χ2n) is 8.02. The predicted octanol–water partition coefficient (Wildman–Crippen LogP) is 0.221. The maximum absolute atomic E-state index is 12.9. The Labute approximate surface area is 158 Å². The van der Waals surface area contributed by atoms with Crippen LogP contribution in [0, 0.1) is 5.92 Å². The molecule has 150 valence electrons. The third-order valence-corrected chi connectivity index (χ3v) is 5.95. The first-order valence-corrected chi connectivity index (χ1v) is 9.28. The Bertz CT molecular complexity index is 686. The quantitative estimate of drug-likeness (QED) is 0.469. The number of nitrogens with zero attached hydrogens (tertiary/aromatic N) is 1. The van der Waals surface area contributed by atoms with Crippen molar-refractivity contribution in [2.24, 2.45) is 5.92 Å². The summed E-state index contributed by atoms with van der Waals surface area (Å²) < 4.78 is 16.4. The Morgan fingerprint density at radius 1 is 1.22 bits per heavy atom. The lowest BCUT2D eigenvalue weighted by Crippen LogP contribution is -2.48. The number of epoxide rings is 1. The Balaban J connectivity index is 1.97. The molecule has 5 atom stereocenters. The summed E-state index contributed by atoms with van der Waals surface area (Å²) >= 11 is 0. The van der Waals surface area contributed by atoms with Crippen molar-refractivity contribution in [2.45, 2.75) is 57.0 Å². The average molecular weight is 381 g/mol. The first kappa shape index (κ1) is 20.0. The van der Waals surface area contributed by atoms with Crippen molar-refractivity contribution in [3.05, 3.63) is 11.6 Å². The van der Waals surface area contributed by atoms with E-state index in [2.05, 4.69) is 0 Å². The fourth-order valence-corrected chi connectivity index (χ4v) is 3.54. The van der Waals surface area contributed by atoms with E-state index in [-0.39, 0.29) is 24.4 Å². The van der Waals surface area contributed by atoms with Gasteiger partial charge in [-0.1, -0.05) is 13.0 Å². The highest BCUT2D eigenvalue weighted by Gasteiger charge is 2.63. The van der Waals surface area contributed by atoms with Crippen molar-refractivity contribution in [1.29, 1.82) is 0 Å². The molecule has 2 fully saturated rings. The number of cyclic esters (lactones) is 1. The summed E-state index contributed by atoms with van der Waals surface area (Å²) in [6, 6.07) is 0. The molecule has 2 saturated heterocycles. The van der Waals surface area contributed by atoms with E-state index in [1.807, 2.05) is 11.9 Å². The van der Waals surface area contributed by atoms with E-state index in [4.69, 9.17) is 14.2 Å². The Hall–Kier alpha value is -1.77. The van der Waals surface area contributed by atoms with Gasteiger partial charge in [-0.2, -0.15) is 0 Å². The largest absolute Gasteiger partial charge is 0.459 e. The van der Waals surface area contributed by atoms with Gasteiger partial charge in [0.05, 0.1) is 6.10 Å². The van der Waals surface area contributed by atoms with Gasteiger partial charge in [0.15, 0.2) is 17.3 Å². The fraction of sp³-hybridized carbons (Fsp3) is 0.737. The minimum atomic E-state index is -1.82. The number of rotatable bonds is 0. The molecular weight excluding hydrogens is 354 g/mol. The van der Waals surface area contributed by atoms with Crippen LogP contribution >= 0.6 is 0 Å². The Morgan fingerprint density at radius 3 is 2.52 bits per heavy atom. The molecule has 1 N–H and O–H groups in total. The van der Waals surface area contributed by atoms with E-state index in [0.29, 0.717) is 19.5 Å². The molecule has 3 rings (SSSR count). The maximum Gasteiger partial charge on any atom is 0.341 e. The summed E-state index contributed by atoms with van der Waals surface area (Å²) in [5.74, 6) is -2.43. The summed E-state index contributed by atoms with van der Waals surface area (Å²) in [4.78, 5) is 40.2. The van der Waals surface area contributed by atoms with Crippen LogP contribution in [0.3, 0.4) is 0 Å². The zero-order chi connectivity index (χ0) is 20.0. The number of aliphatic hydroxyl groups is 1. The van der Waals surface area contributed by atoms with Crippen molar-refractivity contribution in [1.82, 2.24) is 4.90 Å². The second-order valence-corrected chi connectivity index (χ2v) is 8.02. The highest BCUT2D eigenvalue weighted by Crippen LogP contribution is 2.45. The predicted molar refractivity (Wildman–Crippen MR) is 93.7 cm³/mol. The highest BCUT2D eigenvalue weighted by molar-refractivity contribution is 6.01. The van der Waals surface area contributed by atoms with Crippen LogP contribution in [0.15, 0.2) is 11.6 Å². The molecule has 8 heteroatoms. The van der Waals surface area contributed by atoms with E-state index < -0.39 is 41.3 Å². The number of esters is 2. The molecule has 27 heavy (non-hydrogen) atoms. The average Bonchev–Trinajstić information content (AvgIpc) is 3.26. The lowest BCUT2D eigenvalue weighted by Gasteiger charge is -2.32. The van der Waals surface area contributed by atoms with Crippen LogP contribution in [0.1, 0.15) is 33.6 Å². The molecule has 0 radical (unpaired) electrons. The van der Waals surface area contributed by atoms with Gasteiger partial charge in [-0.15, -0.1) is 0 Å². The topological polar surface area (TPSA) is 106 Å². The van der Waals surface area contributed by atoms with Crippen LogP contribution < -0.4 is 0 Å². The zero-order valence-electron chi connectivity index (χ0n) is 16.2. The SMILES string of the molecule is C[C@@H]1C[C@]2(O[C@@H]2C)C(=O)O[C@@H]2CCN(C)C/C=C(/COC(=O)[C@]1(C)O)C2=O. The van der Waals surface area contributed by atoms with Crippen molar-refractivity contribution in [3.63, 3.8) is 0 Å². The lowest BCUT2D eigenvalue weighted by molar-refractivity contribution is -0.173. The smallest absolute Gasteiger partial charge is 0.341 e. The number of likely N-dealkylation sites (N-methyl/N-ethyl adjacent to an activating group) is 1. The van der Waals surface area contributed by atoms with Crippen LogP contribution in [0.25, 0.3) is 0 Å². The van der Waals surface area contributed by atoms with E-state index in [1.165, 1.54) is 6.92 Å². The van der Waals surface area contributed by atoms with Gasteiger partial charge in [-0.05, 0) is 33.2 Å². The molecule has 0 aromatic carbocycles. The van der Waals surface area contributed by atoms with Crippen LogP contribution in [-0.4, -0.2) is 77.9 Å². The number of ether oxygens (including phenoxy) is 3. The molecular formula is C19H27NO7. The standard InChI is InChI=1S/C19H27NO7/c1-11-9-19(12(2)27-19)17(23)26-14-6-8-20(4)7-5-13(15(14)21)10-25-16(22)18(11,3)24/h5,11-12,14,24H,6-10H2,1-4H3/b13-5-/t11-,12-,14-,18-,19-/m1/s1. The number of Topliss-reactive ketones (excluding diaryl/α,β-unsaturated/α-hetero) is 1. The molecule has 0 amide bonds. The van der Waals surface area contributed by atoms with Gasteiger partial charge in [0, 0.05) is 25.1 Å². The monoisotopic (exact) mass is 381 g/mol. The van der Waals surface area contributed by atoms with Gasteiger partial charge in [0.25, 0.3) is 0 Å². The number of fused-ring (bicyclic) bond motifs is 2. The van der Waals surface area contributed by atoms with Gasteiger partial charge in [0.2, 0.25) is 5.78 Å². The molecule has 2 bridgehead atoms. The van der Waals surface area contributed by atoms with Crippen molar-refractivity contribution < 1.29 is 33.7 Å². The number of carbonyl (C=O) groups is 3. The molecule has 3 aliphatic heterocycles. The number of carbonyl (C=O) groups excluding carboxylic acids is 3. The number of ketones is 1. The Morgan fingerprint density at radius 2 is 1.89 bits per heavy atom. The number of hydrogen-bond acceptors (Lipinski definition) is 8. The number of hydrogen-bond donors (Lipinski definition) is 1. The van der Waals surface area contributed by atoms with E-state index >= 15 is 0 Å². The van der Waals surface area contributed by atoms with Gasteiger partial charge < -0.3 is 24.2 Å². The molecule has 3 aliphatic rings. The maximum atomic E-state index is 12.9.